The average Bonchev–Trinajstić information content (AvgIpc) is 2.67. The standard InChI is InChI=1S/C19H24N4O4S/c1-13-5-8-16(11-17(13)28(26,27)23(3)4)21-12-18(24)22-15-9-6-14(7-10-15)19(25)20-2/h5-11,21H,12H2,1-4H3,(H,20,25)(H,22,24). The lowest BCUT2D eigenvalue weighted by Crippen LogP contribution is -2.24. The summed E-state index contributed by atoms with van der Waals surface area (Å²) in [4.78, 5) is 23.8. The van der Waals surface area contributed by atoms with E-state index in [4.69, 9.17) is 0 Å². The molecule has 0 aromatic heterocycles. The molecule has 2 rings (SSSR count). The maximum absolute atomic E-state index is 12.4. The van der Waals surface area contributed by atoms with Crippen LogP contribution in [0.2, 0.25) is 0 Å². The van der Waals surface area contributed by atoms with Crippen molar-refractivity contribution in [2.45, 2.75) is 11.8 Å². The van der Waals surface area contributed by atoms with Crippen LogP contribution in [0.1, 0.15) is 15.9 Å². The van der Waals surface area contributed by atoms with Crippen LogP contribution < -0.4 is 16.0 Å². The van der Waals surface area contributed by atoms with E-state index in [0.717, 1.165) is 4.31 Å². The van der Waals surface area contributed by atoms with Crippen LogP contribution in [0.4, 0.5) is 11.4 Å². The Morgan fingerprint density at radius 1 is 1.00 bits per heavy atom. The summed E-state index contributed by atoms with van der Waals surface area (Å²) < 4.78 is 25.9. The quantitative estimate of drug-likeness (QED) is 0.650. The summed E-state index contributed by atoms with van der Waals surface area (Å²) in [6, 6.07) is 11.4. The fourth-order valence-electron chi connectivity index (χ4n) is 2.42. The van der Waals surface area contributed by atoms with Gasteiger partial charge in [0.25, 0.3) is 5.91 Å². The van der Waals surface area contributed by atoms with Crippen LogP contribution in [0.15, 0.2) is 47.4 Å². The van der Waals surface area contributed by atoms with E-state index in [-0.39, 0.29) is 23.3 Å². The zero-order valence-electron chi connectivity index (χ0n) is 16.2. The molecule has 8 nitrogen and oxygen atoms in total. The van der Waals surface area contributed by atoms with Crippen molar-refractivity contribution in [3.63, 3.8) is 0 Å². The molecule has 0 unspecified atom stereocenters. The minimum absolute atomic E-state index is 0.0400. The second kappa shape index (κ2) is 8.85. The van der Waals surface area contributed by atoms with E-state index in [1.165, 1.54) is 20.2 Å². The largest absolute Gasteiger partial charge is 0.376 e. The summed E-state index contributed by atoms with van der Waals surface area (Å²) in [5, 5.41) is 8.16. The third kappa shape index (κ3) is 5.08. The van der Waals surface area contributed by atoms with E-state index in [9.17, 15) is 18.0 Å². The molecule has 0 aliphatic carbocycles. The Labute approximate surface area is 165 Å². The first-order valence-electron chi connectivity index (χ1n) is 8.54. The normalized spacial score (nSPS) is 11.2. The monoisotopic (exact) mass is 404 g/mol. The van der Waals surface area contributed by atoms with E-state index >= 15 is 0 Å². The minimum Gasteiger partial charge on any atom is -0.376 e. The third-order valence-electron chi connectivity index (χ3n) is 4.06. The van der Waals surface area contributed by atoms with Gasteiger partial charge in [0.1, 0.15) is 0 Å². The first kappa shape index (κ1) is 21.4. The molecule has 150 valence electrons. The Morgan fingerprint density at radius 2 is 1.61 bits per heavy atom. The first-order valence-corrected chi connectivity index (χ1v) is 9.98. The lowest BCUT2D eigenvalue weighted by atomic mass is 10.2. The topological polar surface area (TPSA) is 108 Å². The van der Waals surface area contributed by atoms with Gasteiger partial charge in [0.15, 0.2) is 0 Å². The van der Waals surface area contributed by atoms with Crippen LogP contribution in [0.3, 0.4) is 0 Å². The van der Waals surface area contributed by atoms with Gasteiger partial charge in [0.05, 0.1) is 11.4 Å². The average molecular weight is 404 g/mol. The Kier molecular flexibility index (Phi) is 6.76. The summed E-state index contributed by atoms with van der Waals surface area (Å²) in [5.74, 6) is -0.507. The minimum atomic E-state index is -3.57. The Bertz CT molecular complexity index is 970. The molecule has 0 atom stereocenters. The van der Waals surface area contributed by atoms with E-state index in [0.29, 0.717) is 22.5 Å². The number of hydrogen-bond acceptors (Lipinski definition) is 5. The second-order valence-electron chi connectivity index (χ2n) is 6.33. The van der Waals surface area contributed by atoms with Gasteiger partial charge in [-0.2, -0.15) is 0 Å². The molecule has 0 saturated carbocycles. The zero-order chi connectivity index (χ0) is 20.9. The molecule has 2 aromatic carbocycles. The number of anilines is 2. The molecular formula is C19H24N4O4S. The van der Waals surface area contributed by atoms with Crippen LogP contribution >= 0.6 is 0 Å². The number of hydrogen-bond donors (Lipinski definition) is 3. The van der Waals surface area contributed by atoms with Gasteiger partial charge in [-0.25, -0.2) is 12.7 Å². The highest BCUT2D eigenvalue weighted by atomic mass is 32.2. The summed E-state index contributed by atoms with van der Waals surface area (Å²) in [6.07, 6.45) is 0. The van der Waals surface area contributed by atoms with Crippen LogP contribution in [0, 0.1) is 6.92 Å². The van der Waals surface area contributed by atoms with E-state index < -0.39 is 10.0 Å². The van der Waals surface area contributed by atoms with Crippen molar-refractivity contribution >= 4 is 33.2 Å². The lowest BCUT2D eigenvalue weighted by molar-refractivity contribution is -0.114. The molecule has 0 heterocycles. The fourth-order valence-corrected chi connectivity index (χ4v) is 3.57. The number of carbonyl (C=O) groups is 2. The fraction of sp³-hybridized carbons (Fsp3) is 0.263. The number of rotatable bonds is 7. The Hall–Kier alpha value is -2.91. The van der Waals surface area contributed by atoms with Gasteiger partial charge >= 0.3 is 0 Å². The van der Waals surface area contributed by atoms with Crippen LogP contribution in [0.25, 0.3) is 0 Å². The molecule has 0 fully saturated rings. The van der Waals surface area contributed by atoms with Crippen molar-refractivity contribution in [1.82, 2.24) is 9.62 Å². The van der Waals surface area contributed by atoms with E-state index in [2.05, 4.69) is 16.0 Å². The van der Waals surface area contributed by atoms with Gasteiger partial charge < -0.3 is 16.0 Å². The molecule has 0 spiro atoms. The number of amides is 2. The van der Waals surface area contributed by atoms with Gasteiger partial charge in [-0.3, -0.25) is 9.59 Å². The predicted molar refractivity (Wildman–Crippen MR) is 109 cm³/mol. The second-order valence-corrected chi connectivity index (χ2v) is 8.45. The molecule has 28 heavy (non-hydrogen) atoms. The van der Waals surface area contributed by atoms with E-state index in [1.54, 1.807) is 50.4 Å². The van der Waals surface area contributed by atoms with Crippen molar-refractivity contribution in [2.75, 3.05) is 38.3 Å². The summed E-state index contributed by atoms with van der Waals surface area (Å²) >= 11 is 0. The maximum atomic E-state index is 12.4. The van der Waals surface area contributed by atoms with Crippen molar-refractivity contribution in [3.05, 3.63) is 53.6 Å². The van der Waals surface area contributed by atoms with Crippen LogP contribution in [0.5, 0.6) is 0 Å². The molecule has 9 heteroatoms. The molecule has 0 radical (unpaired) electrons. The molecule has 2 amide bonds. The summed E-state index contributed by atoms with van der Waals surface area (Å²) in [6.45, 7) is 1.68. The van der Waals surface area contributed by atoms with Gasteiger partial charge in [-0.1, -0.05) is 6.07 Å². The molecule has 0 aliphatic rings. The number of nitrogens with zero attached hydrogens (tertiary/aromatic N) is 1. The first-order chi connectivity index (χ1) is 13.1. The maximum Gasteiger partial charge on any atom is 0.251 e. The summed E-state index contributed by atoms with van der Waals surface area (Å²) in [5.41, 5.74) is 2.20. The van der Waals surface area contributed by atoms with Crippen molar-refractivity contribution in [2.24, 2.45) is 0 Å². The molecular weight excluding hydrogens is 380 g/mol. The van der Waals surface area contributed by atoms with Gasteiger partial charge in [-0.15, -0.1) is 0 Å². The lowest BCUT2D eigenvalue weighted by Gasteiger charge is -2.15. The van der Waals surface area contributed by atoms with E-state index in [1.807, 2.05) is 0 Å². The predicted octanol–water partition coefficient (Wildman–Crippen LogP) is 1.66. The van der Waals surface area contributed by atoms with Crippen molar-refractivity contribution in [1.29, 1.82) is 0 Å². The van der Waals surface area contributed by atoms with Crippen LogP contribution in [-0.2, 0) is 14.8 Å². The highest BCUT2D eigenvalue weighted by Crippen LogP contribution is 2.22. The number of aryl methyl sites for hydroxylation is 1. The zero-order valence-corrected chi connectivity index (χ0v) is 17.1. The van der Waals surface area contributed by atoms with Gasteiger partial charge in [0.2, 0.25) is 15.9 Å². The summed E-state index contributed by atoms with van der Waals surface area (Å²) in [7, 11) is 0.915. The highest BCUT2D eigenvalue weighted by molar-refractivity contribution is 7.89. The van der Waals surface area contributed by atoms with Gasteiger partial charge in [0, 0.05) is 38.1 Å². The SMILES string of the molecule is CNC(=O)c1ccc(NC(=O)CNc2ccc(C)c(S(=O)(=O)N(C)C)c2)cc1. The highest BCUT2D eigenvalue weighted by Gasteiger charge is 2.20. The Balaban J connectivity index is 2.02. The molecule has 2 aromatic rings. The van der Waals surface area contributed by atoms with Gasteiger partial charge in [-0.05, 0) is 48.9 Å². The molecule has 0 saturated heterocycles. The molecule has 3 N–H and O–H groups in total. The number of carbonyl (C=O) groups excluding carboxylic acids is 2. The molecule has 0 aliphatic heterocycles. The third-order valence-corrected chi connectivity index (χ3v) is 6.01. The number of sulfonamides is 1. The van der Waals surface area contributed by atoms with Crippen LogP contribution in [-0.4, -0.2) is 52.2 Å². The number of nitrogens with one attached hydrogen (secondary N) is 3. The molecule has 0 bridgehead atoms. The number of benzene rings is 2. The Morgan fingerprint density at radius 3 is 2.18 bits per heavy atom. The van der Waals surface area contributed by atoms with Crippen molar-refractivity contribution < 1.29 is 18.0 Å². The van der Waals surface area contributed by atoms with Crippen molar-refractivity contribution in [3.8, 4) is 0 Å². The smallest absolute Gasteiger partial charge is 0.251 e.